The predicted octanol–water partition coefficient (Wildman–Crippen LogP) is 3.05. The summed E-state index contributed by atoms with van der Waals surface area (Å²) in [5.41, 5.74) is 4.54. The van der Waals surface area contributed by atoms with Crippen molar-refractivity contribution in [1.82, 2.24) is 5.32 Å². The molecule has 0 saturated carbocycles. The SMILES string of the molecule is CCNc1ccc(N=C2C=C(C)C(=O)C=C2NC(C)=O)cc1C. The van der Waals surface area contributed by atoms with Gasteiger partial charge in [-0.1, -0.05) is 0 Å². The number of carbonyl (C=O) groups is 2. The van der Waals surface area contributed by atoms with E-state index < -0.39 is 0 Å². The number of anilines is 1. The normalized spacial score (nSPS) is 16.0. The van der Waals surface area contributed by atoms with Crippen molar-refractivity contribution in [2.24, 2.45) is 4.99 Å². The fourth-order valence-electron chi connectivity index (χ4n) is 2.30. The minimum Gasteiger partial charge on any atom is -0.385 e. The van der Waals surface area contributed by atoms with E-state index in [1.165, 1.54) is 13.0 Å². The summed E-state index contributed by atoms with van der Waals surface area (Å²) in [4.78, 5) is 27.7. The van der Waals surface area contributed by atoms with E-state index in [0.717, 1.165) is 23.5 Å². The monoisotopic (exact) mass is 311 g/mol. The minimum absolute atomic E-state index is 0.119. The van der Waals surface area contributed by atoms with Crippen LogP contribution in [0.15, 0.2) is 46.6 Å². The molecule has 0 radical (unpaired) electrons. The van der Waals surface area contributed by atoms with Crippen LogP contribution in [0.25, 0.3) is 0 Å². The first-order valence-corrected chi connectivity index (χ1v) is 7.56. The van der Waals surface area contributed by atoms with Gasteiger partial charge >= 0.3 is 0 Å². The van der Waals surface area contributed by atoms with Crippen LogP contribution in [-0.2, 0) is 9.59 Å². The molecule has 0 atom stereocenters. The molecule has 0 spiro atoms. The third-order valence-electron chi connectivity index (χ3n) is 3.43. The molecule has 5 heteroatoms. The second-order valence-electron chi connectivity index (χ2n) is 5.46. The topological polar surface area (TPSA) is 70.6 Å². The van der Waals surface area contributed by atoms with Crippen LogP contribution in [0.4, 0.5) is 11.4 Å². The maximum atomic E-state index is 11.8. The number of allylic oxidation sites excluding steroid dienone is 3. The Balaban J connectivity index is 2.38. The number of hydrogen-bond acceptors (Lipinski definition) is 4. The fourth-order valence-corrected chi connectivity index (χ4v) is 2.30. The summed E-state index contributed by atoms with van der Waals surface area (Å²) in [6.07, 6.45) is 3.11. The van der Waals surface area contributed by atoms with Gasteiger partial charge in [0.25, 0.3) is 0 Å². The quantitative estimate of drug-likeness (QED) is 0.840. The summed E-state index contributed by atoms with van der Waals surface area (Å²) < 4.78 is 0. The summed E-state index contributed by atoms with van der Waals surface area (Å²) in [5, 5.41) is 5.94. The molecule has 0 aliphatic heterocycles. The second kappa shape index (κ2) is 7.05. The summed E-state index contributed by atoms with van der Waals surface area (Å²) in [7, 11) is 0. The van der Waals surface area contributed by atoms with Crippen molar-refractivity contribution in [3.05, 3.63) is 47.2 Å². The van der Waals surface area contributed by atoms with E-state index in [4.69, 9.17) is 0 Å². The molecule has 0 saturated heterocycles. The lowest BCUT2D eigenvalue weighted by Crippen LogP contribution is -2.27. The maximum Gasteiger partial charge on any atom is 0.221 e. The van der Waals surface area contributed by atoms with Gasteiger partial charge in [0, 0.05) is 25.2 Å². The van der Waals surface area contributed by atoms with Crippen LogP contribution in [0.2, 0.25) is 0 Å². The Bertz CT molecular complexity index is 743. The zero-order valence-corrected chi connectivity index (χ0v) is 13.9. The van der Waals surface area contributed by atoms with E-state index >= 15 is 0 Å². The highest BCUT2D eigenvalue weighted by Crippen LogP contribution is 2.23. The molecule has 23 heavy (non-hydrogen) atoms. The highest BCUT2D eigenvalue weighted by atomic mass is 16.1. The summed E-state index contributed by atoms with van der Waals surface area (Å²) >= 11 is 0. The summed E-state index contributed by atoms with van der Waals surface area (Å²) in [5.74, 6) is -0.352. The molecule has 1 aliphatic carbocycles. The lowest BCUT2D eigenvalue weighted by molar-refractivity contribution is -0.118. The lowest BCUT2D eigenvalue weighted by atomic mass is 10.0. The van der Waals surface area contributed by atoms with Crippen LogP contribution in [-0.4, -0.2) is 23.9 Å². The van der Waals surface area contributed by atoms with Crippen LogP contribution < -0.4 is 10.6 Å². The summed E-state index contributed by atoms with van der Waals surface area (Å²) in [6, 6.07) is 5.85. The van der Waals surface area contributed by atoms with Crippen molar-refractivity contribution < 1.29 is 9.59 Å². The highest BCUT2D eigenvalue weighted by molar-refractivity contribution is 6.22. The van der Waals surface area contributed by atoms with Crippen molar-refractivity contribution in [2.45, 2.75) is 27.7 Å². The Kier molecular flexibility index (Phi) is 5.11. The van der Waals surface area contributed by atoms with Crippen LogP contribution in [0.1, 0.15) is 26.3 Å². The zero-order chi connectivity index (χ0) is 17.0. The van der Waals surface area contributed by atoms with Crippen LogP contribution in [0.3, 0.4) is 0 Å². The van der Waals surface area contributed by atoms with E-state index in [1.807, 2.05) is 32.0 Å². The molecule has 0 heterocycles. The van der Waals surface area contributed by atoms with Gasteiger partial charge in [-0.3, -0.25) is 9.59 Å². The zero-order valence-electron chi connectivity index (χ0n) is 13.9. The number of aryl methyl sites for hydroxylation is 1. The van der Waals surface area contributed by atoms with Crippen LogP contribution >= 0.6 is 0 Å². The average molecular weight is 311 g/mol. The molecular formula is C18H21N3O2. The highest BCUT2D eigenvalue weighted by Gasteiger charge is 2.17. The lowest BCUT2D eigenvalue weighted by Gasteiger charge is -2.14. The van der Waals surface area contributed by atoms with E-state index in [9.17, 15) is 9.59 Å². The van der Waals surface area contributed by atoms with E-state index in [1.54, 1.807) is 13.0 Å². The van der Waals surface area contributed by atoms with Gasteiger partial charge in [-0.15, -0.1) is 0 Å². The van der Waals surface area contributed by atoms with E-state index in [0.29, 0.717) is 17.0 Å². The number of ketones is 1. The Labute approximate surface area is 136 Å². The van der Waals surface area contributed by atoms with Crippen molar-refractivity contribution >= 4 is 28.8 Å². The van der Waals surface area contributed by atoms with Crippen molar-refractivity contribution in [1.29, 1.82) is 0 Å². The smallest absolute Gasteiger partial charge is 0.221 e. The summed E-state index contributed by atoms with van der Waals surface area (Å²) in [6.45, 7) is 8.05. The van der Waals surface area contributed by atoms with Gasteiger partial charge in [0.1, 0.15) is 0 Å². The Hall–Kier alpha value is -2.69. The van der Waals surface area contributed by atoms with Crippen molar-refractivity contribution in [2.75, 3.05) is 11.9 Å². The first-order valence-electron chi connectivity index (χ1n) is 7.56. The molecule has 1 aromatic rings. The number of rotatable bonds is 4. The number of nitrogens with zero attached hydrogens (tertiary/aromatic N) is 1. The molecule has 5 nitrogen and oxygen atoms in total. The molecule has 0 aromatic heterocycles. The molecule has 2 rings (SSSR count). The number of aliphatic imine (C=N–C) groups is 1. The number of benzene rings is 1. The maximum absolute atomic E-state index is 11.8. The largest absolute Gasteiger partial charge is 0.385 e. The average Bonchev–Trinajstić information content (AvgIpc) is 2.47. The van der Waals surface area contributed by atoms with Crippen LogP contribution in [0.5, 0.6) is 0 Å². The molecule has 0 bridgehead atoms. The van der Waals surface area contributed by atoms with Gasteiger partial charge in [0.05, 0.1) is 17.1 Å². The number of nitrogens with one attached hydrogen (secondary N) is 2. The third-order valence-corrected chi connectivity index (χ3v) is 3.43. The van der Waals surface area contributed by atoms with Gasteiger partial charge in [0.15, 0.2) is 5.78 Å². The standard InChI is InChI=1S/C18H21N3O2/c1-5-19-15-7-6-14(8-11(15)2)21-16-9-12(3)18(23)10-17(16)20-13(4)22/h6-10,19H,5H2,1-4H3,(H,20,22). The van der Waals surface area contributed by atoms with E-state index in [2.05, 4.69) is 15.6 Å². The van der Waals surface area contributed by atoms with Crippen molar-refractivity contribution in [3.63, 3.8) is 0 Å². The molecule has 2 N–H and O–H groups in total. The molecule has 1 amide bonds. The predicted molar refractivity (Wildman–Crippen MR) is 93.1 cm³/mol. The van der Waals surface area contributed by atoms with Gasteiger partial charge in [-0.2, -0.15) is 0 Å². The second-order valence-corrected chi connectivity index (χ2v) is 5.46. The van der Waals surface area contributed by atoms with Crippen molar-refractivity contribution in [3.8, 4) is 0 Å². The fraction of sp³-hybridized carbons (Fsp3) is 0.278. The first-order chi connectivity index (χ1) is 10.9. The number of amides is 1. The van der Waals surface area contributed by atoms with Gasteiger partial charge in [-0.25, -0.2) is 4.99 Å². The Morgan fingerprint density at radius 2 is 1.96 bits per heavy atom. The minimum atomic E-state index is -0.233. The van der Waals surface area contributed by atoms with E-state index in [-0.39, 0.29) is 11.7 Å². The Morgan fingerprint density at radius 1 is 1.22 bits per heavy atom. The van der Waals surface area contributed by atoms with Gasteiger partial charge in [-0.05, 0) is 56.2 Å². The Morgan fingerprint density at radius 3 is 2.57 bits per heavy atom. The molecule has 0 fully saturated rings. The molecule has 1 aromatic carbocycles. The third kappa shape index (κ3) is 4.16. The molecule has 1 aliphatic rings. The number of hydrogen-bond donors (Lipinski definition) is 2. The molecular weight excluding hydrogens is 290 g/mol. The van der Waals surface area contributed by atoms with Gasteiger partial charge in [0.2, 0.25) is 5.91 Å². The first kappa shape index (κ1) is 16.7. The van der Waals surface area contributed by atoms with Crippen LogP contribution in [0, 0.1) is 6.92 Å². The molecule has 120 valence electrons. The molecule has 0 unspecified atom stereocenters. The number of carbonyl (C=O) groups excluding carboxylic acids is 2. The van der Waals surface area contributed by atoms with Gasteiger partial charge < -0.3 is 10.6 Å².